The van der Waals surface area contributed by atoms with E-state index in [9.17, 15) is 9.18 Å². The van der Waals surface area contributed by atoms with Crippen LogP contribution in [0, 0.1) is 5.82 Å². The summed E-state index contributed by atoms with van der Waals surface area (Å²) in [4.78, 5) is 11.1. The van der Waals surface area contributed by atoms with Crippen LogP contribution in [0.15, 0.2) is 18.2 Å². The van der Waals surface area contributed by atoms with Gasteiger partial charge < -0.3 is 0 Å². The van der Waals surface area contributed by atoms with Crippen molar-refractivity contribution in [3.8, 4) is 11.1 Å². The number of hydrogen-bond donors (Lipinski definition) is 0. The molecule has 2 rings (SSSR count). The Labute approximate surface area is 139 Å². The smallest absolute Gasteiger partial charge is 0.150 e. The van der Waals surface area contributed by atoms with Crippen LogP contribution in [0.4, 0.5) is 4.39 Å². The molecule has 0 atom stereocenters. The average molecular weight is 372 g/mol. The van der Waals surface area contributed by atoms with Crippen LogP contribution < -0.4 is 0 Å². The number of benzene rings is 2. The Kier molecular flexibility index (Phi) is 4.83. The lowest BCUT2D eigenvalue weighted by Gasteiger charge is -2.14. The summed E-state index contributed by atoms with van der Waals surface area (Å²) in [5.41, 5.74) is 0.0363. The highest BCUT2D eigenvalue weighted by atomic mass is 35.5. The molecule has 0 aliphatic carbocycles. The summed E-state index contributed by atoms with van der Waals surface area (Å²) in [6, 6.07) is 3.99. The third-order valence-corrected chi connectivity index (χ3v) is 4.91. The van der Waals surface area contributed by atoms with Gasteiger partial charge in [-0.3, -0.25) is 4.79 Å². The third kappa shape index (κ3) is 2.51. The van der Waals surface area contributed by atoms with Gasteiger partial charge in [0.15, 0.2) is 6.29 Å². The molecule has 0 fully saturated rings. The van der Waals surface area contributed by atoms with Crippen molar-refractivity contribution < 1.29 is 9.18 Å². The van der Waals surface area contributed by atoms with Crippen molar-refractivity contribution in [3.63, 3.8) is 0 Å². The molecule has 0 saturated carbocycles. The van der Waals surface area contributed by atoms with Gasteiger partial charge in [0, 0.05) is 16.7 Å². The van der Waals surface area contributed by atoms with Gasteiger partial charge >= 0.3 is 0 Å². The molecule has 0 N–H and O–H groups in total. The van der Waals surface area contributed by atoms with Gasteiger partial charge in [0.1, 0.15) is 5.82 Å². The summed E-state index contributed by atoms with van der Waals surface area (Å²) in [6.45, 7) is 0. The van der Waals surface area contributed by atoms with Gasteiger partial charge in [0.05, 0.1) is 25.1 Å². The van der Waals surface area contributed by atoms with E-state index in [0.29, 0.717) is 6.29 Å². The summed E-state index contributed by atoms with van der Waals surface area (Å²) in [6.07, 6.45) is 0.488. The molecule has 104 valence electrons. The molecule has 0 bridgehead atoms. The minimum Gasteiger partial charge on any atom is -0.298 e. The van der Waals surface area contributed by atoms with Gasteiger partial charge in [-0.1, -0.05) is 70.1 Å². The zero-order valence-corrected chi connectivity index (χ0v) is 13.3. The van der Waals surface area contributed by atoms with E-state index < -0.39 is 5.82 Å². The van der Waals surface area contributed by atoms with Crippen LogP contribution in [0.2, 0.25) is 25.1 Å². The zero-order chi connectivity index (χ0) is 15.0. The molecular formula is C13H4Cl5FO. The van der Waals surface area contributed by atoms with E-state index >= 15 is 0 Å². The monoisotopic (exact) mass is 370 g/mol. The lowest BCUT2D eigenvalue weighted by Crippen LogP contribution is -1.95. The van der Waals surface area contributed by atoms with Crippen LogP contribution in [0.25, 0.3) is 11.1 Å². The first-order valence-corrected chi connectivity index (χ1v) is 7.04. The van der Waals surface area contributed by atoms with Gasteiger partial charge in [0.25, 0.3) is 0 Å². The quantitative estimate of drug-likeness (QED) is 0.331. The highest BCUT2D eigenvalue weighted by Gasteiger charge is 2.24. The Balaban J connectivity index is 2.95. The Bertz CT molecular complexity index is 685. The van der Waals surface area contributed by atoms with Crippen molar-refractivity contribution in [2.75, 3.05) is 0 Å². The van der Waals surface area contributed by atoms with Crippen LogP contribution in [0.3, 0.4) is 0 Å². The molecule has 2 aromatic rings. The Morgan fingerprint density at radius 3 is 1.80 bits per heavy atom. The fourth-order valence-electron chi connectivity index (χ4n) is 1.73. The average Bonchev–Trinajstić information content (AvgIpc) is 2.44. The SMILES string of the molecule is O=Cc1cccc(F)c1-c1c(Cl)c(Cl)c(Cl)c(Cl)c1Cl. The lowest BCUT2D eigenvalue weighted by molar-refractivity contribution is 0.112. The van der Waals surface area contributed by atoms with Gasteiger partial charge in [-0.05, 0) is 6.07 Å². The Morgan fingerprint density at radius 1 is 0.800 bits per heavy atom. The lowest BCUT2D eigenvalue weighted by atomic mass is 9.99. The number of rotatable bonds is 2. The summed E-state index contributed by atoms with van der Waals surface area (Å²) in [5.74, 6) is -0.673. The Hall–Kier alpha value is -0.510. The number of hydrogen-bond acceptors (Lipinski definition) is 1. The van der Waals surface area contributed by atoms with Crippen LogP contribution >= 0.6 is 58.0 Å². The van der Waals surface area contributed by atoms with Crippen LogP contribution in [-0.4, -0.2) is 6.29 Å². The topological polar surface area (TPSA) is 17.1 Å². The highest BCUT2D eigenvalue weighted by molar-refractivity contribution is 6.56. The number of carbonyl (C=O) groups is 1. The van der Waals surface area contributed by atoms with Crippen LogP contribution in [0.5, 0.6) is 0 Å². The summed E-state index contributed by atoms with van der Waals surface area (Å²) < 4.78 is 14.1. The summed E-state index contributed by atoms with van der Waals surface area (Å²) in [5, 5.41) is -0.287. The van der Waals surface area contributed by atoms with Crippen molar-refractivity contribution in [1.82, 2.24) is 0 Å². The van der Waals surface area contributed by atoms with Crippen molar-refractivity contribution in [3.05, 3.63) is 54.7 Å². The second kappa shape index (κ2) is 6.08. The normalized spacial score (nSPS) is 10.7. The van der Waals surface area contributed by atoms with Gasteiger partial charge in [-0.15, -0.1) is 0 Å². The second-order valence-corrected chi connectivity index (χ2v) is 5.66. The van der Waals surface area contributed by atoms with E-state index in [4.69, 9.17) is 58.0 Å². The maximum atomic E-state index is 14.1. The number of carbonyl (C=O) groups excluding carboxylic acids is 1. The van der Waals surface area contributed by atoms with Crippen LogP contribution in [-0.2, 0) is 0 Å². The molecule has 0 aromatic heterocycles. The second-order valence-electron chi connectivity index (χ2n) is 3.77. The molecule has 0 radical (unpaired) electrons. The number of halogens is 6. The summed E-state index contributed by atoms with van der Waals surface area (Å²) >= 11 is 29.9. The molecule has 0 heterocycles. The van der Waals surface area contributed by atoms with E-state index in [1.54, 1.807) is 0 Å². The van der Waals surface area contributed by atoms with E-state index in [-0.39, 0.29) is 41.8 Å². The van der Waals surface area contributed by atoms with Crippen molar-refractivity contribution in [1.29, 1.82) is 0 Å². The van der Waals surface area contributed by atoms with Gasteiger partial charge in [0.2, 0.25) is 0 Å². The third-order valence-electron chi connectivity index (χ3n) is 2.63. The van der Waals surface area contributed by atoms with Crippen molar-refractivity contribution in [2.45, 2.75) is 0 Å². The molecule has 1 nitrogen and oxygen atoms in total. The van der Waals surface area contributed by atoms with Crippen LogP contribution in [0.1, 0.15) is 10.4 Å². The molecule has 0 aliphatic rings. The molecular weight excluding hydrogens is 368 g/mol. The Morgan fingerprint density at radius 2 is 1.30 bits per heavy atom. The van der Waals surface area contributed by atoms with E-state index in [1.807, 2.05) is 0 Å². The van der Waals surface area contributed by atoms with E-state index in [0.717, 1.165) is 0 Å². The van der Waals surface area contributed by atoms with Gasteiger partial charge in [-0.2, -0.15) is 0 Å². The first-order chi connectivity index (χ1) is 9.40. The maximum absolute atomic E-state index is 14.1. The molecule has 0 amide bonds. The predicted molar refractivity (Wildman–Crippen MR) is 82.3 cm³/mol. The first kappa shape index (κ1) is 15.9. The van der Waals surface area contributed by atoms with E-state index in [1.165, 1.54) is 18.2 Å². The van der Waals surface area contributed by atoms with Gasteiger partial charge in [-0.25, -0.2) is 4.39 Å². The molecule has 7 heteroatoms. The fraction of sp³-hybridized carbons (Fsp3) is 0. The van der Waals surface area contributed by atoms with E-state index in [2.05, 4.69) is 0 Å². The summed E-state index contributed by atoms with van der Waals surface area (Å²) in [7, 11) is 0. The first-order valence-electron chi connectivity index (χ1n) is 5.15. The maximum Gasteiger partial charge on any atom is 0.150 e. The molecule has 0 saturated heterocycles. The van der Waals surface area contributed by atoms with Crippen molar-refractivity contribution >= 4 is 64.3 Å². The van der Waals surface area contributed by atoms with Crippen molar-refractivity contribution in [2.24, 2.45) is 0 Å². The predicted octanol–water partition coefficient (Wildman–Crippen LogP) is 6.57. The molecule has 2 aromatic carbocycles. The largest absolute Gasteiger partial charge is 0.298 e. The molecule has 20 heavy (non-hydrogen) atoms. The molecule has 0 aliphatic heterocycles. The highest BCUT2D eigenvalue weighted by Crippen LogP contribution is 2.49. The number of aldehydes is 1. The minimum absolute atomic E-state index is 0.0314. The molecule has 0 spiro atoms. The minimum atomic E-state index is -0.673. The standard InChI is InChI=1S/C13H4Cl5FO/c14-9-8(10(15)12(17)13(18)11(9)16)7-5(4-20)2-1-3-6(7)19/h1-4H. The zero-order valence-electron chi connectivity index (χ0n) is 9.49. The fourth-order valence-corrected chi connectivity index (χ4v) is 3.05. The molecule has 0 unspecified atom stereocenters.